The zero-order valence-electron chi connectivity index (χ0n) is 7.25. The maximum absolute atomic E-state index is 9.70. The number of ether oxygens (including phenoxy) is 1. The number of aliphatic carboxylic acids is 1. The molecule has 0 aromatic carbocycles. The average molecular weight is 162 g/mol. The number of rotatable bonds is 1. The molecule has 4 nitrogen and oxygen atoms in total. The van der Waals surface area contributed by atoms with Crippen LogP contribution in [0, 0.1) is 5.92 Å². The monoisotopic (exact) mass is 162 g/mol. The maximum atomic E-state index is 9.70. The molecule has 0 saturated carbocycles. The first-order valence-electron chi connectivity index (χ1n) is 3.19. The molecule has 0 amide bonds. The molecular weight excluding hydrogens is 148 g/mol. The Morgan fingerprint density at radius 3 is 1.55 bits per heavy atom. The molecule has 4 heteroatoms. The third kappa shape index (κ3) is 17.6. The van der Waals surface area contributed by atoms with Gasteiger partial charge < -0.3 is 9.84 Å². The molecule has 0 aliphatic carbocycles. The van der Waals surface area contributed by atoms with Crippen LogP contribution in [0.1, 0.15) is 20.8 Å². The summed E-state index contributed by atoms with van der Waals surface area (Å²) in [6, 6.07) is 0. The van der Waals surface area contributed by atoms with Crippen molar-refractivity contribution in [3.63, 3.8) is 0 Å². The normalized spacial score (nSPS) is 8.09. The highest BCUT2D eigenvalue weighted by Crippen LogP contribution is 1.87. The second kappa shape index (κ2) is 7.05. The van der Waals surface area contributed by atoms with Gasteiger partial charge in [0, 0.05) is 6.92 Å². The van der Waals surface area contributed by atoms with E-state index in [9.17, 15) is 9.59 Å². The summed E-state index contributed by atoms with van der Waals surface area (Å²) in [4.78, 5) is 19.3. The Labute approximate surface area is 66.2 Å². The van der Waals surface area contributed by atoms with Gasteiger partial charge in [-0.05, 0) is 0 Å². The van der Waals surface area contributed by atoms with Gasteiger partial charge in [-0.15, -0.1) is 0 Å². The number of carboxylic acid groups (broad SMARTS) is 1. The number of esters is 1. The largest absolute Gasteiger partial charge is 0.481 e. The van der Waals surface area contributed by atoms with E-state index in [0.29, 0.717) is 0 Å². The summed E-state index contributed by atoms with van der Waals surface area (Å²) in [7, 11) is 1.35. The standard InChI is InChI=1S/C4H8O2.C3H6O2/c1-3(2)4(5)6;1-3(4)5-2/h3H,1-2H3,(H,5,6);1-2H3. The maximum Gasteiger partial charge on any atom is 0.305 e. The molecule has 11 heavy (non-hydrogen) atoms. The van der Waals surface area contributed by atoms with E-state index in [2.05, 4.69) is 4.74 Å². The molecule has 0 aromatic rings. The number of hydrogen-bond donors (Lipinski definition) is 1. The first-order chi connectivity index (χ1) is 4.91. The molecule has 0 radical (unpaired) electrons. The van der Waals surface area contributed by atoms with Crippen molar-refractivity contribution in [3.8, 4) is 0 Å². The molecular formula is C7H14O4. The van der Waals surface area contributed by atoms with Gasteiger partial charge in [-0.1, -0.05) is 13.8 Å². The molecule has 0 rings (SSSR count). The number of methoxy groups -OCH3 is 1. The van der Waals surface area contributed by atoms with Crippen LogP contribution in [0.5, 0.6) is 0 Å². The topological polar surface area (TPSA) is 63.6 Å². The molecule has 0 aromatic heterocycles. The van der Waals surface area contributed by atoms with Crippen molar-refractivity contribution in [3.05, 3.63) is 0 Å². The fourth-order valence-corrected chi connectivity index (χ4v) is 0. The molecule has 0 unspecified atom stereocenters. The van der Waals surface area contributed by atoms with Gasteiger partial charge in [0.05, 0.1) is 13.0 Å². The van der Waals surface area contributed by atoms with Crippen molar-refractivity contribution in [2.45, 2.75) is 20.8 Å². The van der Waals surface area contributed by atoms with Gasteiger partial charge in [0.15, 0.2) is 0 Å². The summed E-state index contributed by atoms with van der Waals surface area (Å²) in [5.41, 5.74) is 0. The summed E-state index contributed by atoms with van der Waals surface area (Å²) in [6.45, 7) is 4.64. The highest BCUT2D eigenvalue weighted by Gasteiger charge is 1.99. The quantitative estimate of drug-likeness (QED) is 0.582. The van der Waals surface area contributed by atoms with Gasteiger partial charge >= 0.3 is 11.9 Å². The SMILES string of the molecule is CC(C)C(=O)O.COC(C)=O. The predicted molar refractivity (Wildman–Crippen MR) is 40.2 cm³/mol. The molecule has 0 heterocycles. The van der Waals surface area contributed by atoms with Crippen LogP contribution < -0.4 is 0 Å². The van der Waals surface area contributed by atoms with Crippen molar-refractivity contribution in [2.24, 2.45) is 5.92 Å². The first-order valence-corrected chi connectivity index (χ1v) is 3.19. The summed E-state index contributed by atoms with van der Waals surface area (Å²) >= 11 is 0. The van der Waals surface area contributed by atoms with Gasteiger partial charge in [-0.2, -0.15) is 0 Å². The molecule has 0 aliphatic rings. The molecule has 0 bridgehead atoms. The van der Waals surface area contributed by atoms with Gasteiger partial charge in [0.25, 0.3) is 0 Å². The number of hydrogen-bond acceptors (Lipinski definition) is 3. The summed E-state index contributed by atoms with van der Waals surface area (Å²) < 4.78 is 4.11. The summed E-state index contributed by atoms with van der Waals surface area (Å²) in [5, 5.41) is 7.99. The van der Waals surface area contributed by atoms with Crippen LogP contribution in [0.3, 0.4) is 0 Å². The fourth-order valence-electron chi connectivity index (χ4n) is 0. The minimum atomic E-state index is -0.741. The molecule has 0 spiro atoms. The van der Waals surface area contributed by atoms with Crippen molar-refractivity contribution in [1.82, 2.24) is 0 Å². The van der Waals surface area contributed by atoms with Crippen LogP contribution in [0.2, 0.25) is 0 Å². The highest BCUT2D eigenvalue weighted by atomic mass is 16.5. The van der Waals surface area contributed by atoms with Crippen molar-refractivity contribution < 1.29 is 19.4 Å². The van der Waals surface area contributed by atoms with Crippen LogP contribution in [-0.4, -0.2) is 24.2 Å². The Morgan fingerprint density at radius 2 is 1.55 bits per heavy atom. The van der Waals surface area contributed by atoms with E-state index in [1.807, 2.05) is 0 Å². The number of carbonyl (C=O) groups excluding carboxylic acids is 1. The number of carboxylic acids is 1. The Hall–Kier alpha value is -1.06. The predicted octanol–water partition coefficient (Wildman–Crippen LogP) is 0.906. The molecule has 1 N–H and O–H groups in total. The van der Waals surface area contributed by atoms with Gasteiger partial charge in [-0.25, -0.2) is 0 Å². The minimum Gasteiger partial charge on any atom is -0.481 e. The average Bonchev–Trinajstić information content (AvgIpc) is 1.89. The Morgan fingerprint density at radius 1 is 1.36 bits per heavy atom. The van der Waals surface area contributed by atoms with Crippen LogP contribution in [0.25, 0.3) is 0 Å². The smallest absolute Gasteiger partial charge is 0.305 e. The first kappa shape index (κ1) is 12.6. The van der Waals surface area contributed by atoms with Crippen LogP contribution >= 0.6 is 0 Å². The lowest BCUT2D eigenvalue weighted by molar-refractivity contribution is -0.140. The molecule has 0 aliphatic heterocycles. The zero-order chi connectivity index (χ0) is 9.44. The van der Waals surface area contributed by atoms with Crippen molar-refractivity contribution in [1.29, 1.82) is 0 Å². The van der Waals surface area contributed by atoms with E-state index < -0.39 is 5.97 Å². The van der Waals surface area contributed by atoms with E-state index in [0.717, 1.165) is 0 Å². The minimum absolute atomic E-state index is 0.231. The third-order valence-electron chi connectivity index (χ3n) is 0.781. The molecule has 66 valence electrons. The van der Waals surface area contributed by atoms with Gasteiger partial charge in [0.1, 0.15) is 0 Å². The Balaban J connectivity index is 0. The molecule has 0 atom stereocenters. The van der Waals surface area contributed by atoms with E-state index in [1.165, 1.54) is 14.0 Å². The summed E-state index contributed by atoms with van der Waals surface area (Å²) in [5.74, 6) is -1.22. The highest BCUT2D eigenvalue weighted by molar-refractivity contribution is 5.68. The van der Waals surface area contributed by atoms with E-state index in [1.54, 1.807) is 13.8 Å². The zero-order valence-corrected chi connectivity index (χ0v) is 7.25. The van der Waals surface area contributed by atoms with Crippen LogP contribution in [-0.2, 0) is 14.3 Å². The van der Waals surface area contributed by atoms with Crippen molar-refractivity contribution >= 4 is 11.9 Å². The Bertz CT molecular complexity index is 128. The van der Waals surface area contributed by atoms with E-state index in [4.69, 9.17) is 5.11 Å². The molecule has 0 fully saturated rings. The van der Waals surface area contributed by atoms with Gasteiger partial charge in [-0.3, -0.25) is 9.59 Å². The Kier molecular flexibility index (Phi) is 8.08. The van der Waals surface area contributed by atoms with Crippen molar-refractivity contribution in [2.75, 3.05) is 7.11 Å². The van der Waals surface area contributed by atoms with E-state index in [-0.39, 0.29) is 11.9 Å². The number of carbonyl (C=O) groups is 2. The third-order valence-corrected chi connectivity index (χ3v) is 0.781. The second-order valence-electron chi connectivity index (χ2n) is 2.19. The lowest BCUT2D eigenvalue weighted by Crippen LogP contribution is -2.03. The lowest BCUT2D eigenvalue weighted by atomic mass is 10.2. The molecule has 0 saturated heterocycles. The van der Waals surface area contributed by atoms with Gasteiger partial charge in [0.2, 0.25) is 0 Å². The second-order valence-corrected chi connectivity index (χ2v) is 2.19. The fraction of sp³-hybridized carbons (Fsp3) is 0.714. The van der Waals surface area contributed by atoms with Crippen LogP contribution in [0.4, 0.5) is 0 Å². The summed E-state index contributed by atoms with van der Waals surface area (Å²) in [6.07, 6.45) is 0. The van der Waals surface area contributed by atoms with E-state index >= 15 is 0 Å². The lowest BCUT2D eigenvalue weighted by Gasteiger charge is -1.89. The van der Waals surface area contributed by atoms with Crippen LogP contribution in [0.15, 0.2) is 0 Å².